The Morgan fingerprint density at radius 1 is 1.33 bits per heavy atom. The zero-order valence-electron chi connectivity index (χ0n) is 9.21. The van der Waals surface area contributed by atoms with Crippen molar-refractivity contribution in [1.82, 2.24) is 0 Å². The summed E-state index contributed by atoms with van der Waals surface area (Å²) in [7, 11) is 0. The van der Waals surface area contributed by atoms with E-state index in [1.807, 2.05) is 38.1 Å². The number of thioether (sulfide) groups is 1. The minimum absolute atomic E-state index is 0.226. The van der Waals surface area contributed by atoms with Crippen molar-refractivity contribution in [2.75, 3.05) is 5.75 Å². The molecule has 15 heavy (non-hydrogen) atoms. The van der Waals surface area contributed by atoms with Crippen LogP contribution in [0.1, 0.15) is 20.8 Å². The Labute approximate surface area is 100 Å². The predicted octanol–water partition coefficient (Wildman–Crippen LogP) is 4.05. The van der Waals surface area contributed by atoms with Gasteiger partial charge in [-0.1, -0.05) is 25.4 Å². The second-order valence-corrected chi connectivity index (χ2v) is 5.67. The molecule has 0 fully saturated rings. The number of hydrogen-bond acceptors (Lipinski definition) is 2. The third-order valence-corrected chi connectivity index (χ3v) is 4.09. The number of benzene rings is 1. The fourth-order valence-corrected chi connectivity index (χ4v) is 2.08. The van der Waals surface area contributed by atoms with Crippen molar-refractivity contribution >= 4 is 29.1 Å². The Morgan fingerprint density at radius 2 is 1.87 bits per heavy atom. The monoisotopic (exact) mass is 242 g/mol. The van der Waals surface area contributed by atoms with Gasteiger partial charge in [-0.25, -0.2) is 0 Å². The number of carbonyl (C=O) groups excluding carboxylic acids is 1. The van der Waals surface area contributed by atoms with Gasteiger partial charge in [-0.05, 0) is 31.2 Å². The van der Waals surface area contributed by atoms with E-state index >= 15 is 0 Å². The van der Waals surface area contributed by atoms with Gasteiger partial charge in [-0.2, -0.15) is 0 Å². The van der Waals surface area contributed by atoms with Gasteiger partial charge in [-0.3, -0.25) is 4.79 Å². The fourth-order valence-electron chi connectivity index (χ4n) is 0.896. The van der Waals surface area contributed by atoms with E-state index < -0.39 is 0 Å². The highest BCUT2D eigenvalue weighted by atomic mass is 35.5. The van der Waals surface area contributed by atoms with E-state index in [4.69, 9.17) is 11.6 Å². The van der Waals surface area contributed by atoms with Crippen LogP contribution in [0.3, 0.4) is 0 Å². The lowest BCUT2D eigenvalue weighted by Crippen LogP contribution is -2.23. The van der Waals surface area contributed by atoms with Crippen LogP contribution in [0.4, 0.5) is 0 Å². The topological polar surface area (TPSA) is 17.1 Å². The number of hydrogen-bond donors (Lipinski definition) is 0. The van der Waals surface area contributed by atoms with Gasteiger partial charge in [0.25, 0.3) is 0 Å². The first-order valence-corrected chi connectivity index (χ1v) is 6.17. The van der Waals surface area contributed by atoms with Gasteiger partial charge < -0.3 is 0 Å². The Kier molecular flexibility index (Phi) is 4.23. The maximum atomic E-state index is 11.3. The highest BCUT2D eigenvalue weighted by Crippen LogP contribution is 2.28. The molecule has 1 aromatic rings. The summed E-state index contributed by atoms with van der Waals surface area (Å²) in [5, 5.41) is 0.741. The molecule has 0 unspecified atom stereocenters. The third-order valence-electron chi connectivity index (χ3n) is 2.37. The van der Waals surface area contributed by atoms with Crippen LogP contribution < -0.4 is 0 Å². The maximum absolute atomic E-state index is 11.3. The molecule has 0 aliphatic carbocycles. The minimum Gasteiger partial charge on any atom is -0.299 e. The number of carbonyl (C=O) groups is 1. The largest absolute Gasteiger partial charge is 0.299 e. The number of Topliss-reactive ketones (excluding diaryl/α,β-unsaturated/α-hetero) is 1. The number of ketones is 1. The molecule has 0 bridgehead atoms. The van der Waals surface area contributed by atoms with Crippen LogP contribution >= 0.6 is 23.4 Å². The first-order chi connectivity index (χ1) is 6.92. The van der Waals surface area contributed by atoms with Crippen LogP contribution in [-0.4, -0.2) is 11.5 Å². The standard InChI is InChI=1S/C12H15ClOS/c1-9(14)12(2,3)8-15-11-6-4-10(13)5-7-11/h4-7H,8H2,1-3H3. The normalized spacial score (nSPS) is 11.5. The summed E-state index contributed by atoms with van der Waals surface area (Å²) < 4.78 is 0. The molecule has 82 valence electrons. The van der Waals surface area contributed by atoms with Gasteiger partial charge in [0, 0.05) is 21.1 Å². The van der Waals surface area contributed by atoms with E-state index in [-0.39, 0.29) is 11.2 Å². The summed E-state index contributed by atoms with van der Waals surface area (Å²) in [6.07, 6.45) is 0. The molecule has 1 nitrogen and oxygen atoms in total. The van der Waals surface area contributed by atoms with E-state index in [0.29, 0.717) is 0 Å². The van der Waals surface area contributed by atoms with Crippen molar-refractivity contribution in [2.24, 2.45) is 5.41 Å². The summed E-state index contributed by atoms with van der Waals surface area (Å²) >= 11 is 7.47. The van der Waals surface area contributed by atoms with E-state index in [0.717, 1.165) is 15.7 Å². The summed E-state index contributed by atoms with van der Waals surface area (Å²) in [4.78, 5) is 12.5. The molecule has 0 saturated heterocycles. The Balaban J connectivity index is 2.57. The summed E-state index contributed by atoms with van der Waals surface area (Å²) in [5.41, 5.74) is -0.260. The Hall–Kier alpha value is -0.470. The maximum Gasteiger partial charge on any atom is 0.136 e. The van der Waals surface area contributed by atoms with Crippen molar-refractivity contribution in [3.63, 3.8) is 0 Å². The summed E-state index contributed by atoms with van der Waals surface area (Å²) in [5.74, 6) is 1.02. The van der Waals surface area contributed by atoms with Gasteiger partial charge in [0.05, 0.1) is 0 Å². The summed E-state index contributed by atoms with van der Waals surface area (Å²) in [6.45, 7) is 5.58. The van der Waals surface area contributed by atoms with E-state index in [1.54, 1.807) is 18.7 Å². The first-order valence-electron chi connectivity index (χ1n) is 4.81. The molecular weight excluding hydrogens is 228 g/mol. The Bertz CT molecular complexity index is 343. The second-order valence-electron chi connectivity index (χ2n) is 4.18. The Morgan fingerprint density at radius 3 is 2.33 bits per heavy atom. The summed E-state index contributed by atoms with van der Waals surface area (Å²) in [6, 6.07) is 7.68. The number of halogens is 1. The predicted molar refractivity (Wildman–Crippen MR) is 66.6 cm³/mol. The molecule has 0 atom stereocenters. The molecule has 0 heterocycles. The van der Waals surface area contributed by atoms with Crippen LogP contribution in [-0.2, 0) is 4.79 Å². The average Bonchev–Trinajstić information content (AvgIpc) is 2.17. The van der Waals surface area contributed by atoms with Crippen molar-refractivity contribution < 1.29 is 4.79 Å². The van der Waals surface area contributed by atoms with Crippen LogP contribution in [0.15, 0.2) is 29.2 Å². The van der Waals surface area contributed by atoms with Crippen molar-refractivity contribution in [3.8, 4) is 0 Å². The van der Waals surface area contributed by atoms with Crippen LogP contribution in [0.5, 0.6) is 0 Å². The quantitative estimate of drug-likeness (QED) is 0.741. The minimum atomic E-state index is -0.260. The van der Waals surface area contributed by atoms with Gasteiger partial charge >= 0.3 is 0 Å². The van der Waals surface area contributed by atoms with Crippen molar-refractivity contribution in [1.29, 1.82) is 0 Å². The van der Waals surface area contributed by atoms with E-state index in [9.17, 15) is 4.79 Å². The molecule has 0 radical (unpaired) electrons. The van der Waals surface area contributed by atoms with Crippen LogP contribution in [0.25, 0.3) is 0 Å². The van der Waals surface area contributed by atoms with E-state index in [2.05, 4.69) is 0 Å². The molecule has 0 aliphatic heterocycles. The molecule has 0 aliphatic rings. The van der Waals surface area contributed by atoms with Crippen LogP contribution in [0, 0.1) is 5.41 Å². The fraction of sp³-hybridized carbons (Fsp3) is 0.417. The van der Waals surface area contributed by atoms with Gasteiger partial charge in [0.2, 0.25) is 0 Å². The lowest BCUT2D eigenvalue weighted by atomic mass is 9.92. The average molecular weight is 243 g/mol. The van der Waals surface area contributed by atoms with Gasteiger partial charge in [0.15, 0.2) is 0 Å². The molecular formula is C12H15ClOS. The SMILES string of the molecule is CC(=O)C(C)(C)CSc1ccc(Cl)cc1. The lowest BCUT2D eigenvalue weighted by molar-refractivity contribution is -0.123. The van der Waals surface area contributed by atoms with Gasteiger partial charge in [0.1, 0.15) is 5.78 Å². The molecule has 0 saturated carbocycles. The van der Waals surface area contributed by atoms with Gasteiger partial charge in [-0.15, -0.1) is 11.8 Å². The zero-order chi connectivity index (χ0) is 11.5. The molecule has 3 heteroatoms. The smallest absolute Gasteiger partial charge is 0.136 e. The molecule has 1 rings (SSSR count). The third kappa shape index (κ3) is 3.88. The zero-order valence-corrected chi connectivity index (χ0v) is 10.8. The molecule has 0 spiro atoms. The van der Waals surface area contributed by atoms with E-state index in [1.165, 1.54) is 0 Å². The molecule has 1 aromatic carbocycles. The number of rotatable bonds is 4. The van der Waals surface area contributed by atoms with Crippen molar-refractivity contribution in [2.45, 2.75) is 25.7 Å². The highest BCUT2D eigenvalue weighted by molar-refractivity contribution is 7.99. The van der Waals surface area contributed by atoms with Crippen LogP contribution in [0.2, 0.25) is 5.02 Å². The lowest BCUT2D eigenvalue weighted by Gasteiger charge is -2.20. The molecule has 0 aromatic heterocycles. The second kappa shape index (κ2) is 5.04. The van der Waals surface area contributed by atoms with Crippen molar-refractivity contribution in [3.05, 3.63) is 29.3 Å². The highest BCUT2D eigenvalue weighted by Gasteiger charge is 2.23. The molecule has 0 N–H and O–H groups in total. The molecule has 0 amide bonds. The first kappa shape index (κ1) is 12.6.